The molecule has 0 radical (unpaired) electrons. The van der Waals surface area contributed by atoms with Crippen LogP contribution in [0.25, 0.3) is 95.3 Å². The number of pyridine rings is 2. The van der Waals surface area contributed by atoms with E-state index in [1.807, 2.05) is 47.5 Å². The molecular weight excluding hydrogens is 845 g/mol. The van der Waals surface area contributed by atoms with Crippen molar-refractivity contribution in [2.45, 2.75) is 0 Å². The fourth-order valence-corrected chi connectivity index (χ4v) is 19.3. The van der Waals surface area contributed by atoms with Crippen molar-refractivity contribution in [1.29, 1.82) is 0 Å². The van der Waals surface area contributed by atoms with Gasteiger partial charge in [-0.25, -0.2) is 0 Å². The van der Waals surface area contributed by atoms with Crippen molar-refractivity contribution in [2.75, 3.05) is 0 Å². The Morgan fingerprint density at radius 2 is 0.754 bits per heavy atom. The highest BCUT2D eigenvalue weighted by atomic mass is 32.1. The maximum absolute atomic E-state index is 4.52. The molecule has 0 amide bonds. The Balaban J connectivity index is 1.04. The van der Waals surface area contributed by atoms with Gasteiger partial charge in [0.25, 0.3) is 0 Å². The van der Waals surface area contributed by atoms with Gasteiger partial charge in [-0.05, 0) is 81.4 Å². The molecule has 0 aliphatic rings. The molecular formula is C58H36N4S2Si. The summed E-state index contributed by atoms with van der Waals surface area (Å²) in [5, 5.41) is 15.5. The van der Waals surface area contributed by atoms with Gasteiger partial charge >= 0.3 is 0 Å². The monoisotopic (exact) mass is 880 g/mol. The van der Waals surface area contributed by atoms with Crippen molar-refractivity contribution in [3.63, 3.8) is 0 Å². The van der Waals surface area contributed by atoms with Gasteiger partial charge in [0.05, 0.1) is 22.1 Å². The second-order valence-corrected chi connectivity index (χ2v) is 22.7. The van der Waals surface area contributed by atoms with E-state index in [1.165, 1.54) is 82.9 Å². The number of hydrogen-bond donors (Lipinski definition) is 0. The lowest BCUT2D eigenvalue weighted by Gasteiger charge is -2.35. The van der Waals surface area contributed by atoms with Crippen LogP contribution in [0.3, 0.4) is 0 Å². The van der Waals surface area contributed by atoms with Crippen molar-refractivity contribution in [3.05, 3.63) is 219 Å². The summed E-state index contributed by atoms with van der Waals surface area (Å²) >= 11 is 3.87. The summed E-state index contributed by atoms with van der Waals surface area (Å²) in [6.45, 7) is 0. The molecule has 4 nitrogen and oxygen atoms in total. The van der Waals surface area contributed by atoms with Crippen LogP contribution in [-0.2, 0) is 0 Å². The first-order chi connectivity index (χ1) is 32.3. The molecule has 0 saturated carbocycles. The number of thiophene rings is 2. The lowest BCUT2D eigenvalue weighted by atomic mass is 10.1. The normalized spacial score (nSPS) is 12.3. The van der Waals surface area contributed by atoms with Crippen molar-refractivity contribution in [1.82, 2.24) is 19.1 Å². The lowest BCUT2D eigenvalue weighted by molar-refractivity contribution is 1.18. The summed E-state index contributed by atoms with van der Waals surface area (Å²) in [7, 11) is -3.04. The van der Waals surface area contributed by atoms with Gasteiger partial charge in [-0.3, -0.25) is 9.97 Å². The van der Waals surface area contributed by atoms with E-state index in [-0.39, 0.29) is 0 Å². The maximum Gasteiger partial charge on any atom is 0.182 e. The zero-order valence-corrected chi connectivity index (χ0v) is 37.5. The van der Waals surface area contributed by atoms with E-state index in [1.54, 1.807) is 0 Å². The Morgan fingerprint density at radius 1 is 0.338 bits per heavy atom. The summed E-state index contributed by atoms with van der Waals surface area (Å²) in [5.74, 6) is 0. The quantitative estimate of drug-likeness (QED) is 0.123. The molecule has 0 aliphatic carbocycles. The maximum atomic E-state index is 4.52. The Bertz CT molecular complexity index is 3820. The minimum absolute atomic E-state index is 1.15. The number of para-hydroxylation sites is 2. The van der Waals surface area contributed by atoms with Gasteiger partial charge in [0.1, 0.15) is 0 Å². The molecule has 8 aromatic carbocycles. The highest BCUT2D eigenvalue weighted by molar-refractivity contribution is 7.33. The Kier molecular flexibility index (Phi) is 8.01. The molecule has 7 heteroatoms. The smallest absolute Gasteiger partial charge is 0.182 e. The second-order valence-electron chi connectivity index (χ2n) is 16.9. The summed E-state index contributed by atoms with van der Waals surface area (Å²) in [5.41, 5.74) is 7.01. The van der Waals surface area contributed by atoms with Crippen LogP contribution in [0.5, 0.6) is 0 Å². The molecule has 0 unspecified atom stereocenters. The Hall–Kier alpha value is -7.68. The molecule has 0 atom stereocenters. The van der Waals surface area contributed by atoms with E-state index >= 15 is 0 Å². The van der Waals surface area contributed by atoms with Crippen molar-refractivity contribution >= 4 is 135 Å². The van der Waals surface area contributed by atoms with Gasteiger partial charge in [-0.2, -0.15) is 0 Å². The summed E-state index contributed by atoms with van der Waals surface area (Å²) in [6.07, 6.45) is 7.80. The zero-order chi connectivity index (χ0) is 42.6. The van der Waals surface area contributed by atoms with Crippen LogP contribution in [0.15, 0.2) is 219 Å². The fraction of sp³-hybridized carbons (Fsp3) is 0. The van der Waals surface area contributed by atoms with Gasteiger partial charge in [0.15, 0.2) is 8.07 Å². The van der Waals surface area contributed by atoms with Crippen LogP contribution >= 0.6 is 22.7 Å². The third kappa shape index (κ3) is 5.23. The molecule has 304 valence electrons. The van der Waals surface area contributed by atoms with Gasteiger partial charge in [0, 0.05) is 98.1 Å². The van der Waals surface area contributed by atoms with E-state index < -0.39 is 8.07 Å². The zero-order valence-electron chi connectivity index (χ0n) is 34.9. The van der Waals surface area contributed by atoms with Gasteiger partial charge < -0.3 is 9.13 Å². The molecule has 14 aromatic rings. The highest BCUT2D eigenvalue weighted by Gasteiger charge is 2.44. The van der Waals surface area contributed by atoms with Crippen molar-refractivity contribution < 1.29 is 0 Å². The molecule has 0 N–H and O–H groups in total. The molecule has 6 aromatic heterocycles. The number of nitrogens with zero attached hydrogens (tertiary/aromatic N) is 4. The van der Waals surface area contributed by atoms with E-state index in [0.717, 1.165) is 33.2 Å². The predicted octanol–water partition coefficient (Wildman–Crippen LogP) is 12.8. The predicted molar refractivity (Wildman–Crippen MR) is 280 cm³/mol. The third-order valence-corrected chi connectivity index (χ3v) is 21.3. The van der Waals surface area contributed by atoms with Gasteiger partial charge in [-0.15, -0.1) is 22.7 Å². The van der Waals surface area contributed by atoms with Gasteiger partial charge in [-0.1, -0.05) is 133 Å². The average Bonchev–Trinajstić information content (AvgIpc) is 4.13. The number of benzene rings is 8. The van der Waals surface area contributed by atoms with Crippen molar-refractivity contribution in [2.24, 2.45) is 0 Å². The van der Waals surface area contributed by atoms with Crippen LogP contribution < -0.4 is 20.7 Å². The topological polar surface area (TPSA) is 35.6 Å². The number of fused-ring (bicyclic) bond motifs is 12. The summed E-state index contributed by atoms with van der Waals surface area (Å²) < 4.78 is 10.1. The third-order valence-electron chi connectivity index (χ3n) is 13.6. The van der Waals surface area contributed by atoms with E-state index in [2.05, 4.69) is 213 Å². The number of rotatable bonds is 6. The average molecular weight is 881 g/mol. The van der Waals surface area contributed by atoms with Crippen molar-refractivity contribution in [3.8, 4) is 11.4 Å². The first-order valence-electron chi connectivity index (χ1n) is 22.0. The van der Waals surface area contributed by atoms with Crippen LogP contribution in [-0.4, -0.2) is 27.2 Å². The Labute approximate surface area is 382 Å². The largest absolute Gasteiger partial charge is 0.309 e. The van der Waals surface area contributed by atoms with E-state index in [4.69, 9.17) is 0 Å². The lowest BCUT2D eigenvalue weighted by Crippen LogP contribution is -2.74. The molecule has 0 saturated heterocycles. The van der Waals surface area contributed by atoms with Crippen LogP contribution in [0.2, 0.25) is 0 Å². The SMILES string of the molecule is c1ccc([Si](c2ccccc2)(c2cccc3c2sc2ccc(-n4c5ccccc5c5cnccc54)cc23)c2cccc3c2sc2ccc(-n4c5ccccc5c5cnccc54)cc23)cc1. The molecule has 0 fully saturated rings. The van der Waals surface area contributed by atoms with E-state index in [0.29, 0.717) is 0 Å². The first-order valence-corrected chi connectivity index (χ1v) is 25.6. The minimum Gasteiger partial charge on any atom is -0.309 e. The van der Waals surface area contributed by atoms with E-state index in [9.17, 15) is 0 Å². The van der Waals surface area contributed by atoms with Gasteiger partial charge in [0.2, 0.25) is 0 Å². The van der Waals surface area contributed by atoms with Crippen LogP contribution in [0.4, 0.5) is 0 Å². The molecule has 65 heavy (non-hydrogen) atoms. The molecule has 14 rings (SSSR count). The number of aromatic nitrogens is 4. The summed E-state index contributed by atoms with van der Waals surface area (Å²) in [6, 6.07) is 72.8. The first kappa shape index (κ1) is 36.8. The fourth-order valence-electron chi connectivity index (χ4n) is 10.9. The number of hydrogen-bond acceptors (Lipinski definition) is 4. The highest BCUT2D eigenvalue weighted by Crippen LogP contribution is 2.41. The van der Waals surface area contributed by atoms with Crippen LogP contribution in [0, 0.1) is 0 Å². The Morgan fingerprint density at radius 3 is 1.23 bits per heavy atom. The molecule has 6 heterocycles. The standard InChI is InChI=1S/C58H36N4S2Si/c1-3-13-39(14-4-1)65(40-15-5-2-6-16-40,55-23-11-19-43-45-33-37(25-27-53(45)63-57(43)55)61-49-21-9-7-17-41(49)47-35-59-31-29-51(47)61)56-24-12-20-44-46-34-38(26-28-54(46)64-58(44)56)62-50-22-10-8-18-42(50)48-36-60-32-30-52(48)62/h1-36H. The molecule has 0 bridgehead atoms. The summed E-state index contributed by atoms with van der Waals surface area (Å²) in [4.78, 5) is 9.03. The second kappa shape index (κ2) is 14.2. The minimum atomic E-state index is -3.04. The van der Waals surface area contributed by atoms with Crippen LogP contribution in [0.1, 0.15) is 0 Å². The molecule has 0 aliphatic heterocycles. The molecule has 0 spiro atoms.